The van der Waals surface area contributed by atoms with Crippen LogP contribution in [0, 0.1) is 5.92 Å². The van der Waals surface area contributed by atoms with Gasteiger partial charge in [0.25, 0.3) is 0 Å². The minimum Gasteiger partial charge on any atom is -0.379 e. The van der Waals surface area contributed by atoms with E-state index in [1.54, 1.807) is 0 Å². The molecule has 0 aromatic carbocycles. The van der Waals surface area contributed by atoms with Gasteiger partial charge in [0, 0.05) is 18.5 Å². The number of hydrogen-bond donors (Lipinski definition) is 0. The molecular formula is C12H26ClNO3S. The summed E-state index contributed by atoms with van der Waals surface area (Å²) in [7, 11) is -3.18. The van der Waals surface area contributed by atoms with Crippen molar-refractivity contribution in [2.45, 2.75) is 40.2 Å². The van der Waals surface area contributed by atoms with Crippen molar-refractivity contribution in [3.63, 3.8) is 0 Å². The van der Waals surface area contributed by atoms with Gasteiger partial charge in [0.15, 0.2) is 0 Å². The predicted octanol–water partition coefficient (Wildman–Crippen LogP) is 2.33. The third-order valence-electron chi connectivity index (χ3n) is 2.56. The van der Waals surface area contributed by atoms with Crippen molar-refractivity contribution in [1.29, 1.82) is 0 Å². The summed E-state index contributed by atoms with van der Waals surface area (Å²) in [6.07, 6.45) is 0.689. The molecule has 0 aliphatic carbocycles. The van der Waals surface area contributed by atoms with Gasteiger partial charge < -0.3 is 4.74 Å². The van der Waals surface area contributed by atoms with Crippen LogP contribution in [0.4, 0.5) is 0 Å². The summed E-state index contributed by atoms with van der Waals surface area (Å²) in [4.78, 5) is 0. The van der Waals surface area contributed by atoms with E-state index in [4.69, 9.17) is 16.3 Å². The molecule has 6 heteroatoms. The molecule has 0 spiro atoms. The van der Waals surface area contributed by atoms with Crippen LogP contribution in [-0.4, -0.2) is 50.2 Å². The van der Waals surface area contributed by atoms with Crippen LogP contribution in [0.15, 0.2) is 0 Å². The molecule has 0 unspecified atom stereocenters. The second-order valence-electron chi connectivity index (χ2n) is 5.00. The van der Waals surface area contributed by atoms with Crippen LogP contribution in [-0.2, 0) is 14.8 Å². The first-order valence-corrected chi connectivity index (χ1v) is 8.58. The summed E-state index contributed by atoms with van der Waals surface area (Å²) < 4.78 is 31.1. The van der Waals surface area contributed by atoms with Gasteiger partial charge in [0.2, 0.25) is 10.0 Å². The fourth-order valence-corrected chi connectivity index (χ4v) is 3.64. The van der Waals surface area contributed by atoms with Gasteiger partial charge in [0.1, 0.15) is 0 Å². The molecule has 0 N–H and O–H groups in total. The third-order valence-corrected chi connectivity index (χ3v) is 4.79. The summed E-state index contributed by atoms with van der Waals surface area (Å²) in [6.45, 7) is 9.07. The summed E-state index contributed by atoms with van der Waals surface area (Å²) in [5.74, 6) is 1.03. The van der Waals surface area contributed by atoms with Crippen molar-refractivity contribution in [2.24, 2.45) is 5.92 Å². The van der Waals surface area contributed by atoms with Gasteiger partial charge in [-0.15, -0.1) is 11.6 Å². The van der Waals surface area contributed by atoms with Crippen LogP contribution >= 0.6 is 11.6 Å². The molecule has 18 heavy (non-hydrogen) atoms. The van der Waals surface area contributed by atoms with E-state index >= 15 is 0 Å². The molecular weight excluding hydrogens is 274 g/mol. The van der Waals surface area contributed by atoms with E-state index in [1.165, 1.54) is 4.31 Å². The SMILES string of the molecule is CC(C)CCS(=O)(=O)N(CCOCCCl)C(C)C. The molecule has 0 aromatic rings. The fourth-order valence-electron chi connectivity index (χ4n) is 1.53. The second kappa shape index (κ2) is 9.13. The number of rotatable bonds is 10. The Morgan fingerprint density at radius 1 is 1.17 bits per heavy atom. The Labute approximate surface area is 117 Å². The van der Waals surface area contributed by atoms with Gasteiger partial charge >= 0.3 is 0 Å². The Hall–Kier alpha value is 0.160. The predicted molar refractivity (Wildman–Crippen MR) is 76.6 cm³/mol. The minimum atomic E-state index is -3.18. The lowest BCUT2D eigenvalue weighted by Gasteiger charge is -2.26. The number of ether oxygens (including phenoxy) is 1. The minimum absolute atomic E-state index is 0.0400. The lowest BCUT2D eigenvalue weighted by molar-refractivity contribution is 0.130. The molecule has 0 aliphatic rings. The number of hydrogen-bond acceptors (Lipinski definition) is 3. The Morgan fingerprint density at radius 3 is 2.22 bits per heavy atom. The first-order valence-electron chi connectivity index (χ1n) is 6.44. The van der Waals surface area contributed by atoms with Crippen LogP contribution in [0.3, 0.4) is 0 Å². The molecule has 0 saturated carbocycles. The largest absolute Gasteiger partial charge is 0.379 e. The van der Waals surface area contributed by atoms with Gasteiger partial charge in [-0.25, -0.2) is 8.42 Å². The van der Waals surface area contributed by atoms with E-state index in [9.17, 15) is 8.42 Å². The van der Waals surface area contributed by atoms with E-state index < -0.39 is 10.0 Å². The molecule has 0 rings (SSSR count). The zero-order valence-electron chi connectivity index (χ0n) is 11.9. The van der Waals surface area contributed by atoms with Crippen LogP contribution in [0.2, 0.25) is 0 Å². The molecule has 0 heterocycles. The smallest absolute Gasteiger partial charge is 0.214 e. The summed E-state index contributed by atoms with van der Waals surface area (Å²) in [6, 6.07) is -0.0400. The first-order chi connectivity index (χ1) is 8.31. The van der Waals surface area contributed by atoms with E-state index in [1.807, 2.05) is 27.7 Å². The van der Waals surface area contributed by atoms with E-state index in [-0.39, 0.29) is 11.8 Å². The zero-order valence-corrected chi connectivity index (χ0v) is 13.4. The monoisotopic (exact) mass is 299 g/mol. The molecule has 0 fully saturated rings. The van der Waals surface area contributed by atoms with E-state index in [0.717, 1.165) is 0 Å². The van der Waals surface area contributed by atoms with Gasteiger partial charge in [0.05, 0.1) is 19.0 Å². The zero-order chi connectivity index (χ0) is 14.2. The number of halogens is 1. The Kier molecular flexibility index (Phi) is 9.21. The van der Waals surface area contributed by atoms with Crippen LogP contribution < -0.4 is 0 Å². The second-order valence-corrected chi connectivity index (χ2v) is 7.42. The fraction of sp³-hybridized carbons (Fsp3) is 1.00. The van der Waals surface area contributed by atoms with Gasteiger partial charge in [-0.2, -0.15) is 4.31 Å². The number of alkyl halides is 1. The summed E-state index contributed by atoms with van der Waals surface area (Å²) >= 11 is 5.50. The molecule has 4 nitrogen and oxygen atoms in total. The Balaban J connectivity index is 4.38. The maximum atomic E-state index is 12.2. The molecule has 0 bridgehead atoms. The van der Waals surface area contributed by atoms with Crippen LogP contribution in [0.25, 0.3) is 0 Å². The average Bonchev–Trinajstić information content (AvgIpc) is 2.25. The van der Waals surface area contributed by atoms with Crippen molar-refractivity contribution in [2.75, 3.05) is 31.4 Å². The highest BCUT2D eigenvalue weighted by Gasteiger charge is 2.24. The van der Waals surface area contributed by atoms with Crippen molar-refractivity contribution in [1.82, 2.24) is 4.31 Å². The van der Waals surface area contributed by atoms with Crippen LogP contribution in [0.1, 0.15) is 34.1 Å². The number of sulfonamides is 1. The highest BCUT2D eigenvalue weighted by molar-refractivity contribution is 7.89. The molecule has 0 amide bonds. The Morgan fingerprint density at radius 2 is 1.78 bits per heavy atom. The first kappa shape index (κ1) is 18.2. The quantitative estimate of drug-likeness (QED) is 0.459. The molecule has 0 radical (unpaired) electrons. The van der Waals surface area contributed by atoms with Crippen molar-refractivity contribution >= 4 is 21.6 Å². The Bertz CT molecular complexity index is 304. The molecule has 110 valence electrons. The standard InChI is InChI=1S/C12H26ClNO3S/c1-11(2)5-10-18(15,16)14(12(3)4)7-9-17-8-6-13/h11-12H,5-10H2,1-4H3. The van der Waals surface area contributed by atoms with Crippen molar-refractivity contribution < 1.29 is 13.2 Å². The van der Waals surface area contributed by atoms with Gasteiger partial charge in [-0.1, -0.05) is 13.8 Å². The number of nitrogens with zero attached hydrogens (tertiary/aromatic N) is 1. The maximum Gasteiger partial charge on any atom is 0.214 e. The normalized spacial score (nSPS) is 12.9. The van der Waals surface area contributed by atoms with Gasteiger partial charge in [-0.05, 0) is 26.2 Å². The highest BCUT2D eigenvalue weighted by atomic mass is 35.5. The topological polar surface area (TPSA) is 46.6 Å². The molecule has 0 aromatic heterocycles. The van der Waals surface area contributed by atoms with Crippen LogP contribution in [0.5, 0.6) is 0 Å². The van der Waals surface area contributed by atoms with E-state index in [2.05, 4.69) is 0 Å². The highest BCUT2D eigenvalue weighted by Crippen LogP contribution is 2.11. The lowest BCUT2D eigenvalue weighted by atomic mass is 10.2. The van der Waals surface area contributed by atoms with Gasteiger partial charge in [-0.3, -0.25) is 0 Å². The lowest BCUT2D eigenvalue weighted by Crippen LogP contribution is -2.41. The molecule has 0 atom stereocenters. The summed E-state index contributed by atoms with van der Waals surface area (Å²) in [5, 5.41) is 0. The maximum absolute atomic E-state index is 12.2. The summed E-state index contributed by atoms with van der Waals surface area (Å²) in [5.41, 5.74) is 0. The third kappa shape index (κ3) is 7.56. The van der Waals surface area contributed by atoms with Crippen molar-refractivity contribution in [3.05, 3.63) is 0 Å². The van der Waals surface area contributed by atoms with E-state index in [0.29, 0.717) is 38.0 Å². The molecule has 0 aliphatic heterocycles. The average molecular weight is 300 g/mol. The molecule has 0 saturated heterocycles. The van der Waals surface area contributed by atoms with Crippen molar-refractivity contribution in [3.8, 4) is 0 Å².